The lowest BCUT2D eigenvalue weighted by atomic mass is 10.1. The van der Waals surface area contributed by atoms with Gasteiger partial charge >= 0.3 is 0 Å². The smallest absolute Gasteiger partial charge is 0.258 e. The molecule has 2 aromatic rings. The summed E-state index contributed by atoms with van der Waals surface area (Å²) in [7, 11) is 0. The van der Waals surface area contributed by atoms with Crippen LogP contribution in [0.4, 0.5) is 11.4 Å². The van der Waals surface area contributed by atoms with Crippen molar-refractivity contribution < 1.29 is 9.59 Å². The number of nitrogens with one attached hydrogen (secondary N) is 1. The topological polar surface area (TPSA) is 49.4 Å². The minimum Gasteiger partial charge on any atom is -0.323 e. The van der Waals surface area contributed by atoms with Gasteiger partial charge in [-0.3, -0.25) is 9.59 Å². The number of hydrogen-bond acceptors (Lipinski definition) is 2. The highest BCUT2D eigenvalue weighted by Gasteiger charge is 2.27. The molecule has 0 unspecified atom stereocenters. The van der Waals surface area contributed by atoms with Crippen LogP contribution >= 0.6 is 15.9 Å². The molecule has 0 saturated heterocycles. The molecular formula is C18H15BrN2O2. The average molecular weight is 371 g/mol. The van der Waals surface area contributed by atoms with Crippen LogP contribution in [0.1, 0.15) is 15.9 Å². The third-order valence-corrected chi connectivity index (χ3v) is 4.41. The fourth-order valence-corrected chi connectivity index (χ4v) is 3.28. The fraction of sp³-hybridized carbons (Fsp3) is 0.111. The van der Waals surface area contributed by atoms with E-state index in [1.165, 1.54) is 11.6 Å². The van der Waals surface area contributed by atoms with E-state index in [9.17, 15) is 9.59 Å². The van der Waals surface area contributed by atoms with Gasteiger partial charge in [0, 0.05) is 22.3 Å². The van der Waals surface area contributed by atoms with Gasteiger partial charge in [0.2, 0.25) is 5.91 Å². The first kappa shape index (κ1) is 15.5. The zero-order chi connectivity index (χ0) is 16.4. The molecule has 0 aromatic heterocycles. The Morgan fingerprint density at radius 3 is 2.61 bits per heavy atom. The number of amides is 2. The minimum absolute atomic E-state index is 0.0442. The van der Waals surface area contributed by atoms with Gasteiger partial charge in [0.15, 0.2) is 0 Å². The number of fused-ring (bicyclic) bond motifs is 1. The second-order valence-corrected chi connectivity index (χ2v) is 6.08. The molecule has 0 saturated carbocycles. The molecule has 0 bridgehead atoms. The number of carbonyl (C=O) groups excluding carboxylic acids is 2. The van der Waals surface area contributed by atoms with Crippen molar-refractivity contribution in [3.8, 4) is 0 Å². The standard InChI is InChI=1S/C18H15BrN2O2/c1-2-16(22)20-14-8-6-13(7-9-14)18(23)21-11-10-12-4-3-5-15(19)17(12)21/h2-9H,1,10-11H2,(H,20,22). The molecule has 0 aliphatic carbocycles. The molecule has 0 spiro atoms. The highest BCUT2D eigenvalue weighted by molar-refractivity contribution is 9.10. The summed E-state index contributed by atoms with van der Waals surface area (Å²) in [4.78, 5) is 25.8. The normalized spacial score (nSPS) is 12.7. The highest BCUT2D eigenvalue weighted by atomic mass is 79.9. The van der Waals surface area contributed by atoms with Crippen LogP contribution < -0.4 is 10.2 Å². The first-order valence-corrected chi connectivity index (χ1v) is 8.02. The third-order valence-electron chi connectivity index (χ3n) is 3.77. The molecule has 3 rings (SSSR count). The number of rotatable bonds is 3. The maximum atomic E-state index is 12.8. The lowest BCUT2D eigenvalue weighted by molar-refractivity contribution is -0.111. The van der Waals surface area contributed by atoms with Crippen molar-refractivity contribution in [2.45, 2.75) is 6.42 Å². The summed E-state index contributed by atoms with van der Waals surface area (Å²) in [5, 5.41) is 2.66. The Hall–Kier alpha value is -2.40. The van der Waals surface area contributed by atoms with Gasteiger partial charge in [0.25, 0.3) is 5.91 Å². The maximum Gasteiger partial charge on any atom is 0.258 e. The molecule has 23 heavy (non-hydrogen) atoms. The molecule has 4 nitrogen and oxygen atoms in total. The van der Waals surface area contributed by atoms with Crippen LogP contribution in [0, 0.1) is 0 Å². The Labute approximate surface area is 142 Å². The number of hydrogen-bond donors (Lipinski definition) is 1. The summed E-state index contributed by atoms with van der Waals surface area (Å²) in [5.74, 6) is -0.321. The van der Waals surface area contributed by atoms with Crippen LogP contribution in [0.25, 0.3) is 0 Å². The first-order chi connectivity index (χ1) is 11.1. The predicted molar refractivity (Wildman–Crippen MR) is 94.8 cm³/mol. The average Bonchev–Trinajstić information content (AvgIpc) is 3.00. The van der Waals surface area contributed by atoms with E-state index in [2.05, 4.69) is 27.8 Å². The zero-order valence-corrected chi connectivity index (χ0v) is 14.0. The minimum atomic E-state index is -0.276. The van der Waals surface area contributed by atoms with Crippen molar-refractivity contribution in [1.29, 1.82) is 0 Å². The third kappa shape index (κ3) is 3.05. The maximum absolute atomic E-state index is 12.8. The molecule has 116 valence electrons. The van der Waals surface area contributed by atoms with Crippen LogP contribution in [-0.2, 0) is 11.2 Å². The van der Waals surface area contributed by atoms with E-state index in [1.54, 1.807) is 29.2 Å². The molecule has 0 fully saturated rings. The first-order valence-electron chi connectivity index (χ1n) is 7.23. The van der Waals surface area contributed by atoms with E-state index < -0.39 is 0 Å². The van der Waals surface area contributed by atoms with Gasteiger partial charge in [-0.25, -0.2) is 0 Å². The van der Waals surface area contributed by atoms with E-state index in [0.717, 1.165) is 16.6 Å². The van der Waals surface area contributed by atoms with Crippen LogP contribution in [0.3, 0.4) is 0 Å². The molecule has 1 aliphatic heterocycles. The van der Waals surface area contributed by atoms with Crippen molar-refractivity contribution >= 4 is 39.1 Å². The van der Waals surface area contributed by atoms with Crippen molar-refractivity contribution in [3.05, 3.63) is 70.7 Å². The van der Waals surface area contributed by atoms with Crippen LogP contribution in [-0.4, -0.2) is 18.4 Å². The number of anilines is 2. The van der Waals surface area contributed by atoms with Crippen molar-refractivity contribution in [2.24, 2.45) is 0 Å². The summed E-state index contributed by atoms with van der Waals surface area (Å²) in [6.45, 7) is 4.08. The highest BCUT2D eigenvalue weighted by Crippen LogP contribution is 2.36. The van der Waals surface area contributed by atoms with E-state index in [4.69, 9.17) is 0 Å². The Balaban J connectivity index is 1.83. The molecular weight excluding hydrogens is 356 g/mol. The number of nitrogens with zero attached hydrogens (tertiary/aromatic N) is 1. The summed E-state index contributed by atoms with van der Waals surface area (Å²) < 4.78 is 0.927. The Morgan fingerprint density at radius 1 is 1.17 bits per heavy atom. The number of carbonyl (C=O) groups is 2. The molecule has 1 N–H and O–H groups in total. The molecule has 0 atom stereocenters. The molecule has 5 heteroatoms. The number of para-hydroxylation sites is 1. The van der Waals surface area contributed by atoms with E-state index in [-0.39, 0.29) is 11.8 Å². The summed E-state index contributed by atoms with van der Waals surface area (Å²) in [6, 6.07) is 12.8. The van der Waals surface area contributed by atoms with Crippen molar-refractivity contribution in [2.75, 3.05) is 16.8 Å². The van der Waals surface area contributed by atoms with Gasteiger partial charge in [0.1, 0.15) is 0 Å². The molecule has 0 radical (unpaired) electrons. The zero-order valence-electron chi connectivity index (χ0n) is 12.4. The van der Waals surface area contributed by atoms with Crippen molar-refractivity contribution in [3.63, 3.8) is 0 Å². The van der Waals surface area contributed by atoms with Gasteiger partial charge in [-0.15, -0.1) is 0 Å². The number of benzene rings is 2. The molecule has 1 heterocycles. The largest absolute Gasteiger partial charge is 0.323 e. The summed E-state index contributed by atoms with van der Waals surface area (Å²) in [5.41, 5.74) is 3.34. The van der Waals surface area contributed by atoms with Gasteiger partial charge in [-0.2, -0.15) is 0 Å². The second kappa shape index (κ2) is 6.38. The lowest BCUT2D eigenvalue weighted by Gasteiger charge is -2.19. The quantitative estimate of drug-likeness (QED) is 0.835. The van der Waals surface area contributed by atoms with Crippen molar-refractivity contribution in [1.82, 2.24) is 0 Å². The van der Waals surface area contributed by atoms with Gasteiger partial charge in [-0.1, -0.05) is 18.7 Å². The second-order valence-electron chi connectivity index (χ2n) is 5.23. The summed E-state index contributed by atoms with van der Waals surface area (Å²) in [6.07, 6.45) is 2.06. The van der Waals surface area contributed by atoms with E-state index >= 15 is 0 Å². The molecule has 2 amide bonds. The Kier molecular flexibility index (Phi) is 4.30. The Morgan fingerprint density at radius 2 is 1.91 bits per heavy atom. The molecule has 2 aromatic carbocycles. The summed E-state index contributed by atoms with van der Waals surface area (Å²) >= 11 is 3.52. The SMILES string of the molecule is C=CC(=O)Nc1ccc(C(=O)N2CCc3cccc(Br)c32)cc1. The van der Waals surface area contributed by atoms with Crippen LogP contribution in [0.2, 0.25) is 0 Å². The Bertz CT molecular complexity index is 784. The molecule has 1 aliphatic rings. The van der Waals surface area contributed by atoms with E-state index in [0.29, 0.717) is 17.8 Å². The van der Waals surface area contributed by atoms with Gasteiger partial charge in [0.05, 0.1) is 5.69 Å². The van der Waals surface area contributed by atoms with Crippen LogP contribution in [0.5, 0.6) is 0 Å². The van der Waals surface area contributed by atoms with Crippen LogP contribution in [0.15, 0.2) is 59.6 Å². The van der Waals surface area contributed by atoms with E-state index in [1.807, 2.05) is 18.2 Å². The predicted octanol–water partition coefficient (Wildman–Crippen LogP) is 3.78. The van der Waals surface area contributed by atoms with Gasteiger partial charge in [-0.05, 0) is 64.3 Å². The fourth-order valence-electron chi connectivity index (χ4n) is 2.66. The lowest BCUT2D eigenvalue weighted by Crippen LogP contribution is -2.29. The van der Waals surface area contributed by atoms with Gasteiger partial charge < -0.3 is 10.2 Å². The number of halogens is 1. The monoisotopic (exact) mass is 370 g/mol.